The highest BCUT2D eigenvalue weighted by molar-refractivity contribution is 7.92. The van der Waals surface area contributed by atoms with Crippen LogP contribution in [0.25, 0.3) is 6.08 Å². The Morgan fingerprint density at radius 2 is 1.67 bits per heavy atom. The van der Waals surface area contributed by atoms with Gasteiger partial charge in [-0.2, -0.15) is 5.10 Å². The maximum atomic E-state index is 12.6. The number of sulfonamides is 1. The first kappa shape index (κ1) is 24.0. The molecule has 0 heterocycles. The number of carbonyl (C=O) groups is 1. The fourth-order valence-electron chi connectivity index (χ4n) is 2.75. The lowest BCUT2D eigenvalue weighted by molar-refractivity contribution is 0.0955. The zero-order valence-corrected chi connectivity index (χ0v) is 19.3. The lowest BCUT2D eigenvalue weighted by Gasteiger charge is -2.09. The predicted octanol–water partition coefficient (Wildman–Crippen LogP) is 4.88. The molecular formula is C24H22ClN3O4S. The number of hydrazone groups is 1. The molecule has 1 amide bonds. The smallest absolute Gasteiger partial charge is 0.271 e. The predicted molar refractivity (Wildman–Crippen MR) is 131 cm³/mol. The van der Waals surface area contributed by atoms with E-state index in [1.165, 1.54) is 42.6 Å². The molecule has 0 aliphatic heterocycles. The second kappa shape index (κ2) is 11.3. The summed E-state index contributed by atoms with van der Waals surface area (Å²) < 4.78 is 32.9. The van der Waals surface area contributed by atoms with Crippen molar-refractivity contribution in [2.45, 2.75) is 11.8 Å². The Morgan fingerprint density at radius 1 is 1.00 bits per heavy atom. The van der Waals surface area contributed by atoms with Crippen LogP contribution in [0.3, 0.4) is 0 Å². The van der Waals surface area contributed by atoms with E-state index in [-0.39, 0.29) is 4.90 Å². The summed E-state index contributed by atoms with van der Waals surface area (Å²) in [6.07, 6.45) is 3.04. The van der Waals surface area contributed by atoms with Crippen LogP contribution in [-0.4, -0.2) is 27.1 Å². The minimum Gasteiger partial charge on any atom is -0.494 e. The third-order valence-corrected chi connectivity index (χ3v) is 5.91. The highest BCUT2D eigenvalue weighted by Crippen LogP contribution is 2.20. The van der Waals surface area contributed by atoms with Crippen molar-refractivity contribution in [3.63, 3.8) is 0 Å². The Kier molecular flexibility index (Phi) is 8.23. The van der Waals surface area contributed by atoms with E-state index >= 15 is 0 Å². The number of benzene rings is 3. The zero-order valence-electron chi connectivity index (χ0n) is 17.7. The maximum absolute atomic E-state index is 12.6. The van der Waals surface area contributed by atoms with Gasteiger partial charge < -0.3 is 4.74 Å². The van der Waals surface area contributed by atoms with E-state index in [9.17, 15) is 13.2 Å². The lowest BCUT2D eigenvalue weighted by Crippen LogP contribution is -2.18. The summed E-state index contributed by atoms with van der Waals surface area (Å²) in [7, 11) is -3.78. The van der Waals surface area contributed by atoms with Gasteiger partial charge in [0.1, 0.15) is 5.75 Å². The Morgan fingerprint density at radius 3 is 2.30 bits per heavy atom. The Balaban J connectivity index is 1.58. The van der Waals surface area contributed by atoms with Crippen molar-refractivity contribution in [3.8, 4) is 5.75 Å². The Labute approximate surface area is 197 Å². The monoisotopic (exact) mass is 483 g/mol. The van der Waals surface area contributed by atoms with Crippen molar-refractivity contribution in [2.75, 3.05) is 11.3 Å². The van der Waals surface area contributed by atoms with Crippen LogP contribution >= 0.6 is 11.6 Å². The summed E-state index contributed by atoms with van der Waals surface area (Å²) in [6.45, 7) is 2.34. The van der Waals surface area contributed by atoms with Gasteiger partial charge >= 0.3 is 0 Å². The van der Waals surface area contributed by atoms with Crippen LogP contribution in [0.5, 0.6) is 5.75 Å². The molecule has 0 atom stereocenters. The van der Waals surface area contributed by atoms with E-state index in [1.807, 2.05) is 37.3 Å². The molecule has 0 unspecified atom stereocenters. The minimum absolute atomic E-state index is 0.0996. The Bertz CT molecular complexity index is 1240. The quantitative estimate of drug-likeness (QED) is 0.335. The first-order valence-electron chi connectivity index (χ1n) is 9.99. The summed E-state index contributed by atoms with van der Waals surface area (Å²) in [5.74, 6) is 0.127. The molecule has 170 valence electrons. The van der Waals surface area contributed by atoms with Gasteiger partial charge in [-0.25, -0.2) is 13.8 Å². The molecule has 0 saturated carbocycles. The number of halogens is 1. The first-order chi connectivity index (χ1) is 15.9. The van der Waals surface area contributed by atoms with Gasteiger partial charge in [-0.1, -0.05) is 41.9 Å². The van der Waals surface area contributed by atoms with E-state index in [0.29, 0.717) is 28.6 Å². The topological polar surface area (TPSA) is 96.9 Å². The highest BCUT2D eigenvalue weighted by atomic mass is 35.5. The minimum atomic E-state index is -3.78. The van der Waals surface area contributed by atoms with Crippen molar-refractivity contribution in [1.82, 2.24) is 5.43 Å². The van der Waals surface area contributed by atoms with Gasteiger partial charge in [0.15, 0.2) is 0 Å². The number of hydrogen-bond acceptors (Lipinski definition) is 5. The molecule has 0 saturated heterocycles. The molecule has 3 aromatic rings. The second-order valence-electron chi connectivity index (χ2n) is 6.73. The number of carbonyl (C=O) groups excluding carboxylic acids is 1. The SMILES string of the molecule is CCOc1ccc(S(=O)(=O)Nc2ccc(C(=O)NN=CC(Cl)=Cc3ccccc3)cc2)cc1. The van der Waals surface area contributed by atoms with E-state index in [2.05, 4.69) is 15.2 Å². The van der Waals surface area contributed by atoms with Crippen LogP contribution in [0, 0.1) is 0 Å². The van der Waals surface area contributed by atoms with Crippen molar-refractivity contribution >= 4 is 45.5 Å². The van der Waals surface area contributed by atoms with E-state index in [1.54, 1.807) is 18.2 Å². The summed E-state index contributed by atoms with van der Waals surface area (Å²) in [5, 5.41) is 4.19. The first-order valence-corrected chi connectivity index (χ1v) is 11.8. The van der Waals surface area contributed by atoms with E-state index in [0.717, 1.165) is 5.56 Å². The molecule has 3 rings (SSSR count). The normalized spacial score (nSPS) is 11.9. The third kappa shape index (κ3) is 7.20. The average Bonchev–Trinajstić information content (AvgIpc) is 2.80. The number of amides is 1. The molecule has 3 aromatic carbocycles. The molecule has 0 aromatic heterocycles. The third-order valence-electron chi connectivity index (χ3n) is 4.30. The molecule has 0 bridgehead atoms. The number of ether oxygens (including phenoxy) is 1. The van der Waals surface area contributed by atoms with Gasteiger partial charge in [0.25, 0.3) is 15.9 Å². The number of hydrogen-bond donors (Lipinski definition) is 2. The van der Waals surface area contributed by atoms with Crippen LogP contribution < -0.4 is 14.9 Å². The van der Waals surface area contributed by atoms with Crippen molar-refractivity contribution < 1.29 is 17.9 Å². The molecule has 0 fully saturated rings. The number of anilines is 1. The molecule has 0 aliphatic rings. The van der Waals surface area contributed by atoms with Crippen LogP contribution in [0.4, 0.5) is 5.69 Å². The average molecular weight is 484 g/mol. The van der Waals surface area contributed by atoms with Gasteiger partial charge in [-0.3, -0.25) is 9.52 Å². The zero-order chi connectivity index (χ0) is 23.7. The molecule has 2 N–H and O–H groups in total. The summed E-state index contributed by atoms with van der Waals surface area (Å²) in [5.41, 5.74) is 3.91. The number of nitrogens with zero attached hydrogens (tertiary/aromatic N) is 1. The maximum Gasteiger partial charge on any atom is 0.271 e. The van der Waals surface area contributed by atoms with E-state index in [4.69, 9.17) is 16.3 Å². The fraction of sp³-hybridized carbons (Fsp3) is 0.0833. The van der Waals surface area contributed by atoms with Gasteiger partial charge in [-0.05, 0) is 67.1 Å². The molecule has 33 heavy (non-hydrogen) atoms. The largest absolute Gasteiger partial charge is 0.494 e. The standard InChI is InChI=1S/C24H22ClN3O4S/c1-2-32-22-12-14-23(15-13-22)33(30,31)28-21-10-8-19(9-11-21)24(29)27-26-17-20(25)16-18-6-4-3-5-7-18/h3-17,28H,2H2,1H3,(H,27,29). The highest BCUT2D eigenvalue weighted by Gasteiger charge is 2.14. The van der Waals surface area contributed by atoms with Crippen molar-refractivity contribution in [1.29, 1.82) is 0 Å². The van der Waals surface area contributed by atoms with Gasteiger partial charge in [0.05, 0.1) is 22.7 Å². The summed E-state index contributed by atoms with van der Waals surface area (Å²) in [6, 6.07) is 21.5. The van der Waals surface area contributed by atoms with Crippen LogP contribution in [-0.2, 0) is 10.0 Å². The number of allylic oxidation sites excluding steroid dienone is 1. The Hall–Kier alpha value is -3.62. The fourth-order valence-corrected chi connectivity index (χ4v) is 3.98. The van der Waals surface area contributed by atoms with Crippen molar-refractivity contribution in [3.05, 3.63) is 95.0 Å². The second-order valence-corrected chi connectivity index (χ2v) is 8.85. The lowest BCUT2D eigenvalue weighted by atomic mass is 10.2. The molecular weight excluding hydrogens is 462 g/mol. The molecule has 0 radical (unpaired) electrons. The summed E-state index contributed by atoms with van der Waals surface area (Å²) >= 11 is 6.09. The van der Waals surface area contributed by atoms with Crippen molar-refractivity contribution in [2.24, 2.45) is 5.10 Å². The number of rotatable bonds is 9. The van der Waals surface area contributed by atoms with E-state index < -0.39 is 15.9 Å². The number of nitrogens with one attached hydrogen (secondary N) is 2. The van der Waals surface area contributed by atoms with Crippen LogP contribution in [0.1, 0.15) is 22.8 Å². The molecule has 9 heteroatoms. The summed E-state index contributed by atoms with van der Waals surface area (Å²) in [4.78, 5) is 12.3. The van der Waals surface area contributed by atoms with Gasteiger partial charge in [-0.15, -0.1) is 0 Å². The van der Waals surface area contributed by atoms with Crippen LogP contribution in [0.15, 0.2) is 93.9 Å². The van der Waals surface area contributed by atoms with Gasteiger partial charge in [0, 0.05) is 11.3 Å². The molecule has 0 aliphatic carbocycles. The van der Waals surface area contributed by atoms with Crippen LogP contribution in [0.2, 0.25) is 0 Å². The molecule has 0 spiro atoms. The molecule has 7 nitrogen and oxygen atoms in total. The van der Waals surface area contributed by atoms with Gasteiger partial charge in [0.2, 0.25) is 0 Å².